The normalized spacial score (nSPS) is 15.2. The second-order valence-corrected chi connectivity index (χ2v) is 12.2. The molecular weight excluding hydrogens is 683 g/mol. The van der Waals surface area contributed by atoms with Gasteiger partial charge in [0, 0.05) is 44.8 Å². The fraction of sp³-hybridized carbons (Fsp3) is 0.375. The number of pyridine rings is 1. The van der Waals surface area contributed by atoms with E-state index in [4.69, 9.17) is 11.6 Å². The molecule has 14 nitrogen and oxygen atoms in total. The second-order valence-electron chi connectivity index (χ2n) is 11.8. The third-order valence-electron chi connectivity index (χ3n) is 8.67. The first-order valence-corrected chi connectivity index (χ1v) is 16.1. The molecule has 2 fully saturated rings. The smallest absolute Gasteiger partial charge is 0.416 e. The highest BCUT2D eigenvalue weighted by atomic mass is 35.5. The topological polar surface area (TPSA) is 167 Å². The second kappa shape index (κ2) is 13.5. The fourth-order valence-electron chi connectivity index (χ4n) is 6.13. The number of nitrogens with zero attached hydrogens (tertiary/aromatic N) is 8. The molecule has 0 saturated carbocycles. The molecule has 0 radical (unpaired) electrons. The van der Waals surface area contributed by atoms with Gasteiger partial charge < -0.3 is 24.8 Å². The molecule has 0 atom stereocenters. The number of carbonyl (C=O) groups excluding carboxylic acids is 3. The van der Waals surface area contributed by atoms with E-state index < -0.39 is 35.5 Å². The Hall–Kier alpha value is -5.32. The molecule has 3 amide bonds. The summed E-state index contributed by atoms with van der Waals surface area (Å²) < 4.78 is 41.0. The zero-order valence-electron chi connectivity index (χ0n) is 26.9. The summed E-state index contributed by atoms with van der Waals surface area (Å²) in [5, 5.41) is 12.6. The van der Waals surface area contributed by atoms with Crippen LogP contribution in [0.5, 0.6) is 5.75 Å². The first-order valence-electron chi connectivity index (χ1n) is 15.7. The monoisotopic (exact) mass is 713 g/mol. The number of nitrogens with one attached hydrogen (secondary N) is 1. The summed E-state index contributed by atoms with van der Waals surface area (Å²) in [4.78, 5) is 75.0. The lowest BCUT2D eigenvalue weighted by atomic mass is 10.1. The molecule has 0 unspecified atom stereocenters. The average Bonchev–Trinajstić information content (AvgIpc) is 3.52. The van der Waals surface area contributed by atoms with Crippen LogP contribution in [0, 0.1) is 6.92 Å². The van der Waals surface area contributed by atoms with Crippen molar-refractivity contribution in [1.82, 2.24) is 29.4 Å². The minimum Gasteiger partial charge on any atom is -0.504 e. The van der Waals surface area contributed by atoms with E-state index in [-0.39, 0.29) is 89.0 Å². The van der Waals surface area contributed by atoms with E-state index in [1.54, 1.807) is 18.7 Å². The van der Waals surface area contributed by atoms with Crippen molar-refractivity contribution in [2.45, 2.75) is 45.8 Å². The highest BCUT2D eigenvalue weighted by Gasteiger charge is 2.33. The Morgan fingerprint density at radius 3 is 2.44 bits per heavy atom. The van der Waals surface area contributed by atoms with E-state index in [2.05, 4.69) is 25.3 Å². The van der Waals surface area contributed by atoms with Crippen LogP contribution in [-0.2, 0) is 28.7 Å². The van der Waals surface area contributed by atoms with E-state index in [0.717, 1.165) is 12.1 Å². The number of anilines is 3. The van der Waals surface area contributed by atoms with Gasteiger partial charge in [0.25, 0.3) is 5.91 Å². The number of aryl methyl sites for hydroxylation is 1. The molecule has 0 spiro atoms. The van der Waals surface area contributed by atoms with Crippen LogP contribution in [-0.4, -0.2) is 85.0 Å². The minimum absolute atomic E-state index is 0.0417. The Bertz CT molecular complexity index is 2080. The molecule has 262 valence electrons. The summed E-state index contributed by atoms with van der Waals surface area (Å²) in [6, 6.07) is 2.57. The van der Waals surface area contributed by atoms with E-state index in [1.165, 1.54) is 26.9 Å². The minimum atomic E-state index is -4.62. The van der Waals surface area contributed by atoms with Crippen molar-refractivity contribution in [1.29, 1.82) is 0 Å². The summed E-state index contributed by atoms with van der Waals surface area (Å²) in [6.07, 6.45) is -0.872. The molecule has 2 saturated heterocycles. The van der Waals surface area contributed by atoms with Gasteiger partial charge in [-0.3, -0.25) is 24.1 Å². The first kappa shape index (κ1) is 34.5. The number of aromatic hydroxyl groups is 1. The van der Waals surface area contributed by atoms with Gasteiger partial charge in [0.05, 0.1) is 28.2 Å². The van der Waals surface area contributed by atoms with Gasteiger partial charge in [-0.25, -0.2) is 19.9 Å². The zero-order valence-corrected chi connectivity index (χ0v) is 27.7. The van der Waals surface area contributed by atoms with Gasteiger partial charge in [0.1, 0.15) is 18.6 Å². The summed E-state index contributed by atoms with van der Waals surface area (Å²) in [5.41, 5.74) is -0.731. The molecule has 0 aliphatic carbocycles. The maximum Gasteiger partial charge on any atom is 0.416 e. The maximum absolute atomic E-state index is 14.3. The Kier molecular flexibility index (Phi) is 9.35. The summed E-state index contributed by atoms with van der Waals surface area (Å²) in [7, 11) is 0. The number of hydrogen-bond donors (Lipinski definition) is 2. The highest BCUT2D eigenvalue weighted by Crippen LogP contribution is 2.34. The molecule has 2 aliphatic rings. The van der Waals surface area contributed by atoms with Crippen molar-refractivity contribution in [3.8, 4) is 5.75 Å². The van der Waals surface area contributed by atoms with Gasteiger partial charge in [-0.15, -0.1) is 0 Å². The molecule has 1 aromatic carbocycles. The third kappa shape index (κ3) is 6.51. The Labute approximate surface area is 287 Å². The van der Waals surface area contributed by atoms with Gasteiger partial charge in [-0.1, -0.05) is 18.5 Å². The molecule has 4 aromatic rings. The Morgan fingerprint density at radius 2 is 1.80 bits per heavy atom. The number of alkyl halides is 3. The molecular formula is C32H31ClF3N9O5. The number of piperazine rings is 1. The lowest BCUT2D eigenvalue weighted by Gasteiger charge is -2.37. The van der Waals surface area contributed by atoms with Crippen LogP contribution >= 0.6 is 11.6 Å². The number of carbonyl (C=O) groups is 3. The Morgan fingerprint density at radius 1 is 1.06 bits per heavy atom. The molecule has 0 bridgehead atoms. The summed E-state index contributed by atoms with van der Waals surface area (Å²) in [6.45, 7) is 4.08. The number of fused-ring (bicyclic) bond motifs is 1. The van der Waals surface area contributed by atoms with Gasteiger partial charge in [-0.05, 0) is 38.0 Å². The predicted octanol–water partition coefficient (Wildman–Crippen LogP) is 3.56. The summed E-state index contributed by atoms with van der Waals surface area (Å²) >= 11 is 6.09. The van der Waals surface area contributed by atoms with Crippen LogP contribution in [0.1, 0.15) is 47.2 Å². The van der Waals surface area contributed by atoms with E-state index >= 15 is 0 Å². The molecule has 2 aliphatic heterocycles. The van der Waals surface area contributed by atoms with Crippen LogP contribution in [0.3, 0.4) is 0 Å². The number of halogens is 4. The van der Waals surface area contributed by atoms with Crippen LogP contribution in [0.2, 0.25) is 5.02 Å². The first-order chi connectivity index (χ1) is 23.8. The lowest BCUT2D eigenvalue weighted by Crippen LogP contribution is -2.50. The van der Waals surface area contributed by atoms with Gasteiger partial charge >= 0.3 is 6.18 Å². The van der Waals surface area contributed by atoms with Crippen molar-refractivity contribution < 1.29 is 32.7 Å². The molecule has 18 heteroatoms. The molecule has 5 heterocycles. The SMILES string of the molecule is CCc1c(N2CCN(C(=O)c3ncnc(C)c3O)CC2)c(=O)c2nc(N3CCCC3=O)cnc2n1CC(=O)Nc1ccc(C(F)(F)F)cc1Cl. The van der Waals surface area contributed by atoms with Crippen LogP contribution in [0.25, 0.3) is 11.2 Å². The van der Waals surface area contributed by atoms with Crippen molar-refractivity contribution in [2.24, 2.45) is 0 Å². The van der Waals surface area contributed by atoms with Crippen LogP contribution in [0.4, 0.5) is 30.4 Å². The molecule has 50 heavy (non-hydrogen) atoms. The highest BCUT2D eigenvalue weighted by molar-refractivity contribution is 6.33. The quantitative estimate of drug-likeness (QED) is 0.289. The maximum atomic E-state index is 14.3. The van der Waals surface area contributed by atoms with Crippen molar-refractivity contribution in [2.75, 3.05) is 47.8 Å². The van der Waals surface area contributed by atoms with E-state index in [9.17, 15) is 37.5 Å². The number of hydrogen-bond acceptors (Lipinski definition) is 10. The average molecular weight is 714 g/mol. The van der Waals surface area contributed by atoms with E-state index in [0.29, 0.717) is 31.1 Å². The summed E-state index contributed by atoms with van der Waals surface area (Å²) in [5.74, 6) is -1.44. The molecule has 2 N–H and O–H groups in total. The van der Waals surface area contributed by atoms with Crippen LogP contribution in [0.15, 0.2) is 35.5 Å². The van der Waals surface area contributed by atoms with Gasteiger partial charge in [0.2, 0.25) is 17.2 Å². The predicted molar refractivity (Wildman–Crippen MR) is 176 cm³/mol. The van der Waals surface area contributed by atoms with Crippen molar-refractivity contribution in [3.63, 3.8) is 0 Å². The Balaban J connectivity index is 1.36. The number of rotatable bonds is 7. The molecule has 6 rings (SSSR count). The van der Waals surface area contributed by atoms with Gasteiger partial charge in [-0.2, -0.15) is 13.2 Å². The zero-order chi connectivity index (χ0) is 35.9. The lowest BCUT2D eigenvalue weighted by molar-refractivity contribution is -0.137. The fourth-order valence-corrected chi connectivity index (χ4v) is 6.36. The van der Waals surface area contributed by atoms with E-state index in [1.807, 2.05) is 0 Å². The van der Waals surface area contributed by atoms with Gasteiger partial charge in [0.15, 0.2) is 28.4 Å². The third-order valence-corrected chi connectivity index (χ3v) is 8.99. The standard InChI is InChI=1S/C32H31ClF3N9O5/c1-3-21-27(42-9-11-43(12-10-42)31(50)26-28(48)17(2)38-16-39-26)29(49)25-30(37-14-22(41-25)44-8-4-5-24(44)47)45(21)15-23(46)40-20-7-6-18(13-19(20)33)32(34,35)36/h6-7,13-14,16,48H,3-5,8-12,15H2,1-2H3,(H,40,46). The van der Waals surface area contributed by atoms with Crippen molar-refractivity contribution >= 4 is 57.7 Å². The van der Waals surface area contributed by atoms with Crippen LogP contribution < -0.4 is 20.5 Å². The largest absolute Gasteiger partial charge is 0.504 e. The number of amides is 3. The number of aromatic nitrogens is 5. The van der Waals surface area contributed by atoms with Crippen molar-refractivity contribution in [3.05, 3.63) is 68.6 Å². The number of benzene rings is 1. The molecule has 3 aromatic heterocycles.